The molecule has 1 amide bonds. The molecule has 1 aromatic carbocycles. The van der Waals surface area contributed by atoms with Crippen LogP contribution in [0.4, 0.5) is 0 Å². The molecule has 0 bridgehead atoms. The Balaban J connectivity index is 1.29. The van der Waals surface area contributed by atoms with E-state index in [4.69, 9.17) is 8.83 Å². The van der Waals surface area contributed by atoms with E-state index in [-0.39, 0.29) is 11.2 Å². The van der Waals surface area contributed by atoms with Gasteiger partial charge in [-0.2, -0.15) is 0 Å². The van der Waals surface area contributed by atoms with Crippen LogP contribution in [0, 0.1) is 6.92 Å². The Morgan fingerprint density at radius 2 is 1.97 bits per heavy atom. The number of quaternary nitrogens is 1. The lowest BCUT2D eigenvalue weighted by Crippen LogP contribution is -3.13. The van der Waals surface area contributed by atoms with Crippen LogP contribution in [0.25, 0.3) is 11.5 Å². The molecule has 1 atom stereocenters. The number of furan rings is 1. The van der Waals surface area contributed by atoms with E-state index in [1.54, 1.807) is 12.3 Å². The van der Waals surface area contributed by atoms with Gasteiger partial charge in [-0.1, -0.05) is 42.1 Å². The molecule has 0 aliphatic carbocycles. The van der Waals surface area contributed by atoms with Crippen molar-refractivity contribution in [3.63, 3.8) is 0 Å². The van der Waals surface area contributed by atoms with Gasteiger partial charge >= 0.3 is 0 Å². The first kappa shape index (κ1) is 19.7. The molecule has 3 aromatic rings. The van der Waals surface area contributed by atoms with Gasteiger partial charge in [0.05, 0.1) is 43.3 Å². The third-order valence-electron chi connectivity index (χ3n) is 5.20. The normalized spacial score (nSPS) is 16.1. The SMILES string of the molecule is Cc1occc1-c1nnc(S[C@H](C)C(=O)N2CC[NH+](Cc3ccccc3)CC2)o1. The van der Waals surface area contributed by atoms with E-state index in [1.165, 1.54) is 22.2 Å². The van der Waals surface area contributed by atoms with E-state index >= 15 is 0 Å². The zero-order valence-electron chi connectivity index (χ0n) is 16.6. The van der Waals surface area contributed by atoms with Gasteiger partial charge in [-0.15, -0.1) is 10.2 Å². The Hall–Kier alpha value is -2.58. The highest BCUT2D eigenvalue weighted by Gasteiger charge is 2.28. The highest BCUT2D eigenvalue weighted by Crippen LogP contribution is 2.28. The number of amides is 1. The Bertz CT molecular complexity index is 948. The number of aromatic nitrogens is 2. The minimum absolute atomic E-state index is 0.119. The fourth-order valence-electron chi connectivity index (χ4n) is 3.54. The molecule has 7 nitrogen and oxygen atoms in total. The summed E-state index contributed by atoms with van der Waals surface area (Å²) >= 11 is 1.30. The fourth-order valence-corrected chi connectivity index (χ4v) is 4.30. The van der Waals surface area contributed by atoms with Crippen molar-refractivity contribution >= 4 is 17.7 Å². The van der Waals surface area contributed by atoms with E-state index < -0.39 is 0 Å². The van der Waals surface area contributed by atoms with Gasteiger partial charge < -0.3 is 18.6 Å². The lowest BCUT2D eigenvalue weighted by Gasteiger charge is -2.33. The smallest absolute Gasteiger partial charge is 0.277 e. The number of piperazine rings is 1. The van der Waals surface area contributed by atoms with Crippen molar-refractivity contribution in [2.75, 3.05) is 26.2 Å². The van der Waals surface area contributed by atoms with E-state index in [9.17, 15) is 4.79 Å². The third kappa shape index (κ3) is 4.71. The molecule has 1 aliphatic heterocycles. The molecule has 8 heteroatoms. The van der Waals surface area contributed by atoms with Crippen LogP contribution in [-0.2, 0) is 11.3 Å². The number of rotatable bonds is 6. The van der Waals surface area contributed by atoms with Crippen LogP contribution in [0.1, 0.15) is 18.2 Å². The molecule has 29 heavy (non-hydrogen) atoms. The van der Waals surface area contributed by atoms with Crippen molar-refractivity contribution in [1.29, 1.82) is 0 Å². The lowest BCUT2D eigenvalue weighted by molar-refractivity contribution is -0.917. The molecule has 0 unspecified atom stereocenters. The number of carbonyl (C=O) groups excluding carboxylic acids is 1. The van der Waals surface area contributed by atoms with Gasteiger partial charge in [0.25, 0.3) is 11.1 Å². The Labute approximate surface area is 174 Å². The van der Waals surface area contributed by atoms with Crippen LogP contribution in [0.3, 0.4) is 0 Å². The second-order valence-corrected chi connectivity index (χ2v) is 8.55. The van der Waals surface area contributed by atoms with Crippen molar-refractivity contribution in [3.8, 4) is 11.5 Å². The van der Waals surface area contributed by atoms with Crippen LogP contribution in [0.2, 0.25) is 0 Å². The maximum atomic E-state index is 12.8. The number of hydrogen-bond acceptors (Lipinski definition) is 6. The number of thioether (sulfide) groups is 1. The highest BCUT2D eigenvalue weighted by atomic mass is 32.2. The fraction of sp³-hybridized carbons (Fsp3) is 0.381. The minimum Gasteiger partial charge on any atom is -0.469 e. The van der Waals surface area contributed by atoms with Gasteiger partial charge in [-0.05, 0) is 19.9 Å². The minimum atomic E-state index is -0.274. The number of carbonyl (C=O) groups is 1. The predicted octanol–water partition coefficient (Wildman–Crippen LogP) is 2.05. The monoisotopic (exact) mass is 413 g/mol. The third-order valence-corrected chi connectivity index (χ3v) is 6.12. The topological polar surface area (TPSA) is 76.8 Å². The van der Waals surface area contributed by atoms with Crippen molar-refractivity contribution in [3.05, 3.63) is 54.0 Å². The quantitative estimate of drug-likeness (QED) is 0.624. The lowest BCUT2D eigenvalue weighted by atomic mass is 10.2. The second-order valence-electron chi connectivity index (χ2n) is 7.26. The van der Waals surface area contributed by atoms with Gasteiger partial charge in [-0.3, -0.25) is 4.79 Å². The first-order valence-corrected chi connectivity index (χ1v) is 10.7. The molecule has 2 aromatic heterocycles. The molecule has 0 radical (unpaired) electrons. The molecule has 4 rings (SSSR count). The van der Waals surface area contributed by atoms with Crippen LogP contribution >= 0.6 is 11.8 Å². The summed E-state index contributed by atoms with van der Waals surface area (Å²) < 4.78 is 11.0. The molecule has 152 valence electrons. The summed E-state index contributed by atoms with van der Waals surface area (Å²) in [7, 11) is 0. The second kappa shape index (κ2) is 8.84. The van der Waals surface area contributed by atoms with E-state index in [0.29, 0.717) is 11.1 Å². The van der Waals surface area contributed by atoms with Gasteiger partial charge in [0, 0.05) is 5.56 Å². The molecule has 3 heterocycles. The Morgan fingerprint density at radius 1 is 1.21 bits per heavy atom. The number of benzene rings is 1. The first-order valence-electron chi connectivity index (χ1n) is 9.81. The maximum Gasteiger partial charge on any atom is 0.277 e. The van der Waals surface area contributed by atoms with Crippen LogP contribution in [-0.4, -0.2) is 52.4 Å². The molecule has 0 spiro atoms. The van der Waals surface area contributed by atoms with Crippen molar-refractivity contribution < 1.29 is 18.5 Å². The van der Waals surface area contributed by atoms with Gasteiger partial charge in [0.2, 0.25) is 5.91 Å². The summed E-state index contributed by atoms with van der Waals surface area (Å²) in [6.45, 7) is 8.21. The Morgan fingerprint density at radius 3 is 2.66 bits per heavy atom. The maximum absolute atomic E-state index is 12.8. The van der Waals surface area contributed by atoms with Gasteiger partial charge in [0.15, 0.2) is 0 Å². The molecule has 1 aliphatic rings. The predicted molar refractivity (Wildman–Crippen MR) is 109 cm³/mol. The van der Waals surface area contributed by atoms with E-state index in [1.807, 2.05) is 24.8 Å². The van der Waals surface area contributed by atoms with Crippen molar-refractivity contribution in [1.82, 2.24) is 15.1 Å². The molecule has 1 fully saturated rings. The summed E-state index contributed by atoms with van der Waals surface area (Å²) in [6.07, 6.45) is 1.59. The summed E-state index contributed by atoms with van der Waals surface area (Å²) in [6, 6.07) is 12.3. The zero-order valence-corrected chi connectivity index (χ0v) is 17.4. The average Bonchev–Trinajstić information content (AvgIpc) is 3.37. The van der Waals surface area contributed by atoms with Crippen molar-refractivity contribution in [2.45, 2.75) is 30.9 Å². The number of nitrogens with zero attached hydrogens (tertiary/aromatic N) is 3. The largest absolute Gasteiger partial charge is 0.469 e. The number of hydrogen-bond donors (Lipinski definition) is 1. The standard InChI is InChI=1S/C21H24N4O3S/c1-15-18(8-13-27-15)19-22-23-21(28-19)29-16(2)20(26)25-11-9-24(10-12-25)14-17-6-4-3-5-7-17/h3-8,13,16H,9-12,14H2,1-2H3/p+1/t16-/m1/s1. The van der Waals surface area contributed by atoms with Crippen LogP contribution in [0.5, 0.6) is 0 Å². The summed E-state index contributed by atoms with van der Waals surface area (Å²) in [5.41, 5.74) is 2.12. The molecular formula is C21H25N4O3S+. The molecular weight excluding hydrogens is 388 g/mol. The van der Waals surface area contributed by atoms with E-state index in [2.05, 4.69) is 34.5 Å². The summed E-state index contributed by atoms with van der Waals surface area (Å²) in [5, 5.41) is 8.26. The molecule has 0 saturated carbocycles. The van der Waals surface area contributed by atoms with Crippen LogP contribution in [0.15, 0.2) is 56.7 Å². The zero-order chi connectivity index (χ0) is 20.2. The molecule has 1 N–H and O–H groups in total. The Kier molecular flexibility index (Phi) is 6.01. The van der Waals surface area contributed by atoms with Gasteiger partial charge in [-0.25, -0.2) is 0 Å². The van der Waals surface area contributed by atoms with Gasteiger partial charge in [0.1, 0.15) is 12.3 Å². The van der Waals surface area contributed by atoms with E-state index in [0.717, 1.165) is 44.0 Å². The average molecular weight is 414 g/mol. The van der Waals surface area contributed by atoms with Crippen molar-refractivity contribution in [2.24, 2.45) is 0 Å². The number of aryl methyl sites for hydroxylation is 1. The highest BCUT2D eigenvalue weighted by molar-refractivity contribution is 8.00. The first-order chi connectivity index (χ1) is 14.1. The summed E-state index contributed by atoms with van der Waals surface area (Å²) in [5.74, 6) is 1.26. The van der Waals surface area contributed by atoms with Crippen LogP contribution < -0.4 is 4.90 Å². The summed E-state index contributed by atoms with van der Waals surface area (Å²) in [4.78, 5) is 16.3. The number of nitrogens with one attached hydrogen (secondary N) is 1. The molecule has 1 saturated heterocycles.